The van der Waals surface area contributed by atoms with Gasteiger partial charge in [-0.1, -0.05) is 19.9 Å². The van der Waals surface area contributed by atoms with Crippen LogP contribution < -0.4 is 10.1 Å². The lowest BCUT2D eigenvalue weighted by Gasteiger charge is -2.32. The largest absolute Gasteiger partial charge is 0.490 e. The first-order valence-electron chi connectivity index (χ1n) is 7.71. The van der Waals surface area contributed by atoms with Gasteiger partial charge in [0.1, 0.15) is 5.75 Å². The van der Waals surface area contributed by atoms with Gasteiger partial charge in [-0.05, 0) is 49.1 Å². The fourth-order valence-corrected chi connectivity index (χ4v) is 3.22. The van der Waals surface area contributed by atoms with Crippen LogP contribution in [0.1, 0.15) is 45.1 Å². The number of rotatable bonds is 2. The molecule has 0 radical (unpaired) electrons. The zero-order valence-corrected chi connectivity index (χ0v) is 12.3. The van der Waals surface area contributed by atoms with E-state index in [1.54, 1.807) is 0 Å². The average molecular weight is 273 g/mol. The molecular weight excluding hydrogens is 250 g/mol. The van der Waals surface area contributed by atoms with Crippen molar-refractivity contribution in [3.63, 3.8) is 0 Å². The Hall–Kier alpha value is -1.51. The summed E-state index contributed by atoms with van der Waals surface area (Å²) in [4.78, 5) is 11.5. The third-order valence-electron chi connectivity index (χ3n) is 4.83. The van der Waals surface area contributed by atoms with E-state index in [-0.39, 0.29) is 5.91 Å². The molecule has 3 unspecified atom stereocenters. The molecule has 0 aromatic heterocycles. The van der Waals surface area contributed by atoms with Gasteiger partial charge in [-0.25, -0.2) is 0 Å². The van der Waals surface area contributed by atoms with Crippen molar-refractivity contribution in [2.75, 3.05) is 5.32 Å². The smallest absolute Gasteiger partial charge is 0.224 e. The first-order chi connectivity index (χ1) is 9.61. The number of carbonyl (C=O) groups is 1. The lowest BCUT2D eigenvalue weighted by atomic mass is 9.80. The highest BCUT2D eigenvalue weighted by atomic mass is 16.5. The van der Waals surface area contributed by atoms with Crippen molar-refractivity contribution in [3.8, 4) is 5.75 Å². The molecular formula is C17H23NO2. The van der Waals surface area contributed by atoms with Crippen molar-refractivity contribution in [1.82, 2.24) is 0 Å². The molecule has 3 atom stereocenters. The predicted molar refractivity (Wildman–Crippen MR) is 80.0 cm³/mol. The Morgan fingerprint density at radius 1 is 1.15 bits per heavy atom. The van der Waals surface area contributed by atoms with Gasteiger partial charge in [0.15, 0.2) is 0 Å². The molecule has 2 aliphatic rings. The maximum atomic E-state index is 11.5. The molecule has 3 nitrogen and oxygen atoms in total. The number of hydrogen-bond acceptors (Lipinski definition) is 2. The predicted octanol–water partition coefficient (Wildman–Crippen LogP) is 3.77. The number of carbonyl (C=O) groups excluding carboxylic acids is 1. The number of anilines is 1. The van der Waals surface area contributed by atoms with E-state index in [9.17, 15) is 4.79 Å². The van der Waals surface area contributed by atoms with Gasteiger partial charge in [0.25, 0.3) is 0 Å². The second-order valence-electron chi connectivity index (χ2n) is 6.37. The van der Waals surface area contributed by atoms with Crippen molar-refractivity contribution in [3.05, 3.63) is 23.8 Å². The molecule has 3 heteroatoms. The van der Waals surface area contributed by atoms with Gasteiger partial charge in [-0.15, -0.1) is 0 Å². The maximum Gasteiger partial charge on any atom is 0.224 e. The molecule has 108 valence electrons. The summed E-state index contributed by atoms with van der Waals surface area (Å²) in [5.74, 6) is 2.52. The molecule has 1 N–H and O–H groups in total. The van der Waals surface area contributed by atoms with Gasteiger partial charge >= 0.3 is 0 Å². The minimum atomic E-state index is 0.106. The van der Waals surface area contributed by atoms with Crippen LogP contribution in [-0.2, 0) is 11.2 Å². The Balaban J connectivity index is 1.69. The van der Waals surface area contributed by atoms with E-state index in [1.807, 2.05) is 12.1 Å². The number of fused-ring (bicyclic) bond motifs is 1. The first kappa shape index (κ1) is 13.5. The molecule has 1 aliphatic carbocycles. The fourth-order valence-electron chi connectivity index (χ4n) is 3.22. The summed E-state index contributed by atoms with van der Waals surface area (Å²) < 4.78 is 6.12. The Kier molecular flexibility index (Phi) is 3.68. The molecule has 1 fully saturated rings. The minimum absolute atomic E-state index is 0.106. The summed E-state index contributed by atoms with van der Waals surface area (Å²) in [6, 6.07) is 6.10. The number of hydrogen-bond donors (Lipinski definition) is 1. The maximum absolute atomic E-state index is 11.5. The summed E-state index contributed by atoms with van der Waals surface area (Å²) in [6.07, 6.45) is 5.25. The summed E-state index contributed by atoms with van der Waals surface area (Å²) in [7, 11) is 0. The molecule has 1 saturated carbocycles. The Morgan fingerprint density at radius 3 is 2.80 bits per heavy atom. The van der Waals surface area contributed by atoms with Crippen LogP contribution in [0.25, 0.3) is 0 Å². The normalized spacial score (nSPS) is 29.5. The third-order valence-corrected chi connectivity index (χ3v) is 4.83. The van der Waals surface area contributed by atoms with E-state index in [1.165, 1.54) is 12.0 Å². The average Bonchev–Trinajstić information content (AvgIpc) is 2.42. The monoisotopic (exact) mass is 273 g/mol. The van der Waals surface area contributed by atoms with Gasteiger partial charge in [0.05, 0.1) is 6.10 Å². The van der Waals surface area contributed by atoms with Crippen LogP contribution in [-0.4, -0.2) is 12.0 Å². The second kappa shape index (κ2) is 5.47. The summed E-state index contributed by atoms with van der Waals surface area (Å²) in [5, 5.41) is 2.93. The lowest BCUT2D eigenvalue weighted by molar-refractivity contribution is -0.116. The molecule has 1 aliphatic heterocycles. The van der Waals surface area contributed by atoms with Gasteiger partial charge in [0.2, 0.25) is 5.91 Å². The summed E-state index contributed by atoms with van der Waals surface area (Å²) >= 11 is 0. The van der Waals surface area contributed by atoms with Crippen molar-refractivity contribution in [2.24, 2.45) is 11.8 Å². The molecule has 3 rings (SSSR count). The lowest BCUT2D eigenvalue weighted by Crippen LogP contribution is -2.28. The van der Waals surface area contributed by atoms with Crippen LogP contribution in [0.5, 0.6) is 5.75 Å². The molecule has 1 heterocycles. The van der Waals surface area contributed by atoms with E-state index in [0.29, 0.717) is 12.5 Å². The second-order valence-corrected chi connectivity index (χ2v) is 6.37. The molecule has 0 saturated heterocycles. The Labute approximate surface area is 120 Å². The molecule has 1 aromatic carbocycles. The molecule has 1 aromatic rings. The van der Waals surface area contributed by atoms with E-state index >= 15 is 0 Å². The van der Waals surface area contributed by atoms with Crippen molar-refractivity contribution in [1.29, 1.82) is 0 Å². The zero-order chi connectivity index (χ0) is 14.1. The Bertz CT molecular complexity index is 512. The van der Waals surface area contributed by atoms with Crippen molar-refractivity contribution in [2.45, 2.75) is 52.1 Å². The highest BCUT2D eigenvalue weighted by Gasteiger charge is 2.26. The minimum Gasteiger partial charge on any atom is -0.490 e. The number of benzene rings is 1. The zero-order valence-electron chi connectivity index (χ0n) is 12.3. The number of amides is 1. The van der Waals surface area contributed by atoms with Gasteiger partial charge in [-0.3, -0.25) is 4.79 Å². The van der Waals surface area contributed by atoms with Crippen LogP contribution in [0.2, 0.25) is 0 Å². The number of ether oxygens (including phenoxy) is 1. The van der Waals surface area contributed by atoms with E-state index < -0.39 is 0 Å². The van der Waals surface area contributed by atoms with E-state index in [4.69, 9.17) is 4.74 Å². The highest BCUT2D eigenvalue weighted by molar-refractivity contribution is 5.94. The first-order valence-corrected chi connectivity index (χ1v) is 7.71. The van der Waals surface area contributed by atoms with Gasteiger partial charge in [-0.2, -0.15) is 0 Å². The molecule has 0 bridgehead atoms. The SMILES string of the molecule is CC1CCC(Oc2ccc3c(c2)NC(=O)CC3)CC1C. The molecule has 20 heavy (non-hydrogen) atoms. The summed E-state index contributed by atoms with van der Waals surface area (Å²) in [5.41, 5.74) is 2.14. The standard InChI is InChI=1S/C17H23NO2/c1-11-3-6-14(9-12(11)2)20-15-7-4-13-5-8-17(19)18-16(13)10-15/h4,7,10-12,14H,3,5-6,8-9H2,1-2H3,(H,18,19). The van der Waals surface area contributed by atoms with Crippen molar-refractivity contribution < 1.29 is 9.53 Å². The van der Waals surface area contributed by atoms with Crippen LogP contribution in [0.3, 0.4) is 0 Å². The number of nitrogens with one attached hydrogen (secondary N) is 1. The molecule has 0 spiro atoms. The van der Waals surface area contributed by atoms with Crippen molar-refractivity contribution >= 4 is 11.6 Å². The molecule has 1 amide bonds. The topological polar surface area (TPSA) is 38.3 Å². The number of aryl methyl sites for hydroxylation is 1. The van der Waals surface area contributed by atoms with Crippen LogP contribution in [0, 0.1) is 11.8 Å². The quantitative estimate of drug-likeness (QED) is 0.890. The van der Waals surface area contributed by atoms with Crippen LogP contribution in [0.4, 0.5) is 5.69 Å². The van der Waals surface area contributed by atoms with E-state index in [2.05, 4.69) is 25.2 Å². The third kappa shape index (κ3) is 2.82. The van der Waals surface area contributed by atoms with Crippen LogP contribution >= 0.6 is 0 Å². The fraction of sp³-hybridized carbons (Fsp3) is 0.588. The van der Waals surface area contributed by atoms with Gasteiger partial charge in [0, 0.05) is 18.2 Å². The highest BCUT2D eigenvalue weighted by Crippen LogP contribution is 2.33. The van der Waals surface area contributed by atoms with Crippen LogP contribution in [0.15, 0.2) is 18.2 Å². The summed E-state index contributed by atoms with van der Waals surface area (Å²) in [6.45, 7) is 4.64. The Morgan fingerprint density at radius 2 is 2.00 bits per heavy atom. The van der Waals surface area contributed by atoms with E-state index in [0.717, 1.165) is 42.5 Å². The van der Waals surface area contributed by atoms with Gasteiger partial charge < -0.3 is 10.1 Å².